The molecule has 5 aromatic carbocycles. The van der Waals surface area contributed by atoms with Gasteiger partial charge in [-0.25, -0.2) is 19.4 Å². The number of nitrogens with one attached hydrogen (secondary N) is 5. The zero-order chi connectivity index (χ0) is 63.9. The van der Waals surface area contributed by atoms with Crippen LogP contribution >= 0.6 is 19.3 Å². The van der Waals surface area contributed by atoms with E-state index in [1.807, 2.05) is 78.9 Å². The molecule has 2 amide bonds. The van der Waals surface area contributed by atoms with Crippen LogP contribution in [0.5, 0.6) is 0 Å². The van der Waals surface area contributed by atoms with Crippen molar-refractivity contribution in [1.29, 1.82) is 0 Å². The van der Waals surface area contributed by atoms with E-state index in [2.05, 4.69) is 31.3 Å². The van der Waals surface area contributed by atoms with Crippen LogP contribution in [-0.2, 0) is 101 Å². The minimum absolute atomic E-state index is 0.00155. The number of carbonyl (C=O) groups excluding carboxylic acids is 6. The van der Waals surface area contributed by atoms with Crippen LogP contribution in [0.4, 0.5) is 4.39 Å². The largest absolute Gasteiger partial charge is 0.461 e. The second-order valence-electron chi connectivity index (χ2n) is 21.4. The third-order valence-corrected chi connectivity index (χ3v) is 16.0. The number of pyridine rings is 1. The van der Waals surface area contributed by atoms with Crippen LogP contribution in [0.2, 0.25) is 5.02 Å². The minimum Gasteiger partial charge on any atom is -0.461 e. The molecule has 0 aliphatic rings. The number of benzene rings is 5. The maximum absolute atomic E-state index is 14.8. The molecule has 90 heavy (non-hydrogen) atoms. The predicted molar refractivity (Wildman–Crippen MR) is 339 cm³/mol. The Hall–Kier alpha value is -7.68. The van der Waals surface area contributed by atoms with Gasteiger partial charge in [-0.05, 0) is 104 Å². The van der Waals surface area contributed by atoms with Gasteiger partial charge in [0.15, 0.2) is 0 Å². The minimum atomic E-state index is -4.46. The number of rotatable bonds is 44. The summed E-state index contributed by atoms with van der Waals surface area (Å²) < 4.78 is 62.7. The maximum atomic E-state index is 14.8. The van der Waals surface area contributed by atoms with Crippen molar-refractivity contribution in [2.24, 2.45) is 0 Å². The summed E-state index contributed by atoms with van der Waals surface area (Å²) in [5.74, 6) is -3.94. The number of aromatic nitrogens is 1. The van der Waals surface area contributed by atoms with E-state index in [9.17, 15) is 37.7 Å². The molecular weight excluding hydrogens is 1190 g/mol. The predicted octanol–water partition coefficient (Wildman–Crippen LogP) is 11.3. The van der Waals surface area contributed by atoms with Crippen LogP contribution in [0, 0.1) is 5.95 Å². The lowest BCUT2D eigenvalue weighted by molar-refractivity contribution is -0.150. The Bertz CT molecular complexity index is 3130. The number of nitrogens with zero attached hydrogens (tertiary/aromatic N) is 1. The first-order valence-corrected chi connectivity index (χ1v) is 32.5. The number of carbonyl (C=O) groups is 6. The van der Waals surface area contributed by atoms with E-state index in [0.29, 0.717) is 49.2 Å². The summed E-state index contributed by atoms with van der Waals surface area (Å²) in [6.45, 7) is 1.61. The van der Waals surface area contributed by atoms with Gasteiger partial charge in [0.1, 0.15) is 44.6 Å². The van der Waals surface area contributed by atoms with Gasteiger partial charge in [0.2, 0.25) is 17.8 Å². The van der Waals surface area contributed by atoms with Gasteiger partial charge in [0, 0.05) is 38.5 Å². The van der Waals surface area contributed by atoms with E-state index in [4.69, 9.17) is 39.6 Å². The Morgan fingerprint density at radius 1 is 0.478 bits per heavy atom. The lowest BCUT2D eigenvalue weighted by Gasteiger charge is -2.25. The summed E-state index contributed by atoms with van der Waals surface area (Å²) >= 11 is 5.81. The van der Waals surface area contributed by atoms with Gasteiger partial charge in [0.25, 0.3) is 0 Å². The quantitative estimate of drug-likeness (QED) is 0.00784. The molecule has 5 N–H and O–H groups in total. The molecule has 0 saturated carbocycles. The molecule has 0 radical (unpaired) electrons. The molecule has 22 heteroatoms. The fourth-order valence-corrected chi connectivity index (χ4v) is 10.8. The van der Waals surface area contributed by atoms with Crippen LogP contribution in [0.25, 0.3) is 0 Å². The highest BCUT2D eigenvalue weighted by atomic mass is 35.5. The molecule has 0 aliphatic heterocycles. The van der Waals surface area contributed by atoms with Gasteiger partial charge in [-0.3, -0.25) is 33.0 Å². The van der Waals surface area contributed by atoms with Crippen molar-refractivity contribution in [3.8, 4) is 0 Å². The van der Waals surface area contributed by atoms with Crippen LogP contribution in [-0.4, -0.2) is 85.0 Å². The Morgan fingerprint density at radius 3 is 1.51 bits per heavy atom. The van der Waals surface area contributed by atoms with Crippen molar-refractivity contribution in [1.82, 2.24) is 31.3 Å². The summed E-state index contributed by atoms with van der Waals surface area (Å²) in [5.41, 5.74) is 4.42. The molecule has 0 saturated heterocycles. The van der Waals surface area contributed by atoms with E-state index in [1.54, 1.807) is 78.9 Å². The van der Waals surface area contributed by atoms with E-state index >= 15 is 0 Å². The van der Waals surface area contributed by atoms with Crippen molar-refractivity contribution >= 4 is 55.0 Å². The molecule has 4 unspecified atom stereocenters. The highest BCUT2D eigenvalue weighted by Gasteiger charge is 2.35. The van der Waals surface area contributed by atoms with Gasteiger partial charge in [0.05, 0.1) is 18.2 Å². The topological polar surface area (TPSA) is 248 Å². The van der Waals surface area contributed by atoms with Crippen molar-refractivity contribution in [3.05, 3.63) is 208 Å². The van der Waals surface area contributed by atoms with Crippen LogP contribution < -0.4 is 26.4 Å². The zero-order valence-corrected chi connectivity index (χ0v) is 52.4. The first-order chi connectivity index (χ1) is 43.8. The van der Waals surface area contributed by atoms with Gasteiger partial charge < -0.3 is 40.2 Å². The third kappa shape index (κ3) is 29.3. The summed E-state index contributed by atoms with van der Waals surface area (Å²) in [6.07, 6.45) is 6.93. The average molecular weight is 1280 g/mol. The van der Waals surface area contributed by atoms with Gasteiger partial charge in [-0.2, -0.15) is 4.39 Å². The van der Waals surface area contributed by atoms with Crippen LogP contribution in [0.3, 0.4) is 0 Å². The lowest BCUT2D eigenvalue weighted by atomic mass is 10.1. The van der Waals surface area contributed by atoms with E-state index in [-0.39, 0.29) is 89.1 Å². The molecule has 1 heterocycles. The lowest BCUT2D eigenvalue weighted by Crippen LogP contribution is -2.44. The zero-order valence-electron chi connectivity index (χ0n) is 50.7. The molecule has 0 spiro atoms. The Morgan fingerprint density at radius 2 is 0.956 bits per heavy atom. The summed E-state index contributed by atoms with van der Waals surface area (Å²) in [4.78, 5) is 84.3. The number of ether oxygens (including phenoxy) is 4. The normalized spacial score (nSPS) is 12.8. The average Bonchev–Trinajstić information content (AvgIpc) is 3.15. The number of hydrogen-bond acceptors (Lipinski definition) is 16. The monoisotopic (exact) mass is 1280 g/mol. The molecule has 6 rings (SSSR count). The summed E-state index contributed by atoms with van der Waals surface area (Å²) in [5, 5.41) is 15.1. The van der Waals surface area contributed by atoms with Crippen molar-refractivity contribution in [3.63, 3.8) is 0 Å². The molecule has 0 bridgehead atoms. The number of unbranched alkanes of at least 4 members (excludes halogenated alkanes) is 5. The maximum Gasteiger partial charge on any atom is 0.406 e. The molecule has 4 atom stereocenters. The second kappa shape index (κ2) is 41.6. The standard InChI is InChI=1S/C68H83ClFN6O13P/c69-58-44-57(46-74-65(58)70)45-71-40-20-8-19-35-62(77)73-42-22-2-1-21-41-72-59(66(80)85-48-53-26-11-4-12-27-53)36-38-63(78)75-60(67(81)86-49-54-28-13-5-14-29-54)34-23-43-88-90(83,89-51-56-32-17-7-18-33-56)76-61(68(82)87-50-55-30-15-6-16-31-55)37-39-64(79)84-47-52-24-9-3-10-25-52/h3-7,9-18,24-33,44,46,59-61,71-72H,1-2,8,19-23,34-43,45,47-51H2,(H,73,77)(H,75,78)(H,76,83). The molecule has 482 valence electrons. The number of halogens is 2. The fraction of sp³-hybridized carbons (Fsp3) is 0.397. The fourth-order valence-electron chi connectivity index (χ4n) is 9.10. The SMILES string of the molecule is O=C(CCCCCNCc1cnc(F)c(Cl)c1)NCCCCCCNC(CCC(=O)NC(CCCOP(=O)(NC(CCC(=O)OCc1ccccc1)C(=O)OCc1ccccc1)OCc1ccccc1)C(=O)OCc1ccccc1)C(=O)OCc1ccccc1. The first-order valence-electron chi connectivity index (χ1n) is 30.6. The number of amides is 2. The Balaban J connectivity index is 1.01. The van der Waals surface area contributed by atoms with Crippen LogP contribution in [0.15, 0.2) is 164 Å². The van der Waals surface area contributed by atoms with E-state index < -0.39 is 61.6 Å². The molecule has 0 aliphatic carbocycles. The van der Waals surface area contributed by atoms with E-state index in [1.165, 1.54) is 6.20 Å². The van der Waals surface area contributed by atoms with E-state index in [0.717, 1.165) is 61.8 Å². The third-order valence-electron chi connectivity index (χ3n) is 14.1. The molecule has 0 fully saturated rings. The molecule has 6 aromatic rings. The second-order valence-corrected chi connectivity index (χ2v) is 23.6. The Kier molecular flexibility index (Phi) is 33.0. The molecule has 19 nitrogen and oxygen atoms in total. The highest BCUT2D eigenvalue weighted by molar-refractivity contribution is 7.51. The molecular formula is C68H83ClFN6O13P. The summed E-state index contributed by atoms with van der Waals surface area (Å²) in [7, 11) is -4.46. The smallest absolute Gasteiger partial charge is 0.406 e. The van der Waals surface area contributed by atoms with Crippen molar-refractivity contribution < 1.29 is 65.7 Å². The Labute approximate surface area is 531 Å². The van der Waals surface area contributed by atoms with Crippen molar-refractivity contribution in [2.45, 2.75) is 148 Å². The van der Waals surface area contributed by atoms with Gasteiger partial charge in [-0.15, -0.1) is 0 Å². The highest BCUT2D eigenvalue weighted by Crippen LogP contribution is 2.46. The molecule has 1 aromatic heterocycles. The first kappa shape index (κ1) is 71.4. The summed E-state index contributed by atoms with van der Waals surface area (Å²) in [6, 6.07) is 43.3. The van der Waals surface area contributed by atoms with Crippen molar-refractivity contribution in [2.75, 3.05) is 26.2 Å². The van der Waals surface area contributed by atoms with Crippen LogP contribution in [0.1, 0.15) is 123 Å². The van der Waals surface area contributed by atoms with Gasteiger partial charge >= 0.3 is 31.6 Å². The number of hydrogen-bond donors (Lipinski definition) is 5. The van der Waals surface area contributed by atoms with Gasteiger partial charge in [-0.1, -0.05) is 183 Å². The number of esters is 4.